The Morgan fingerprint density at radius 2 is 1.57 bits per heavy atom. The van der Waals surface area contributed by atoms with E-state index in [4.69, 9.17) is 0 Å². The number of aryl methyl sites for hydroxylation is 1. The molecule has 0 unspecified atom stereocenters. The maximum Gasteiger partial charge on any atom is 0.288 e. The van der Waals surface area contributed by atoms with Crippen LogP contribution in [0.5, 0.6) is 0 Å². The summed E-state index contributed by atoms with van der Waals surface area (Å²) in [6, 6.07) is 12.3. The SMILES string of the molecule is Cc1nccc(C(=O)NNC(=O)c2ccc3ccccc3n2)n1. The van der Waals surface area contributed by atoms with E-state index in [0.717, 1.165) is 5.39 Å². The van der Waals surface area contributed by atoms with E-state index in [1.165, 1.54) is 12.3 Å². The predicted molar refractivity (Wildman–Crippen MR) is 83.4 cm³/mol. The minimum Gasteiger partial charge on any atom is -0.266 e. The Bertz CT molecular complexity index is 894. The van der Waals surface area contributed by atoms with Gasteiger partial charge in [-0.3, -0.25) is 20.4 Å². The second-order valence-electron chi connectivity index (χ2n) is 4.79. The van der Waals surface area contributed by atoms with Crippen LogP contribution in [-0.4, -0.2) is 26.8 Å². The Kier molecular flexibility index (Phi) is 3.92. The molecule has 0 radical (unpaired) electrons. The van der Waals surface area contributed by atoms with Gasteiger partial charge in [0.05, 0.1) is 5.52 Å². The molecule has 2 aromatic heterocycles. The third-order valence-electron chi connectivity index (χ3n) is 3.13. The summed E-state index contributed by atoms with van der Waals surface area (Å²) in [6.07, 6.45) is 1.48. The van der Waals surface area contributed by atoms with Gasteiger partial charge >= 0.3 is 0 Å². The Morgan fingerprint density at radius 3 is 2.30 bits per heavy atom. The van der Waals surface area contributed by atoms with Gasteiger partial charge in [-0.15, -0.1) is 0 Å². The van der Waals surface area contributed by atoms with Crippen LogP contribution in [0.4, 0.5) is 0 Å². The highest BCUT2D eigenvalue weighted by atomic mass is 16.2. The van der Waals surface area contributed by atoms with Crippen molar-refractivity contribution in [1.82, 2.24) is 25.8 Å². The molecule has 2 N–H and O–H groups in total. The molecule has 2 heterocycles. The van der Waals surface area contributed by atoms with E-state index in [9.17, 15) is 9.59 Å². The molecule has 0 aliphatic rings. The van der Waals surface area contributed by atoms with Gasteiger partial charge in [0.2, 0.25) is 0 Å². The van der Waals surface area contributed by atoms with Gasteiger partial charge in [0.1, 0.15) is 17.2 Å². The molecule has 0 saturated carbocycles. The largest absolute Gasteiger partial charge is 0.288 e. The number of hydrogen-bond donors (Lipinski definition) is 2. The molecule has 3 aromatic rings. The fraction of sp³-hybridized carbons (Fsp3) is 0.0625. The molecule has 0 fully saturated rings. The number of nitrogens with one attached hydrogen (secondary N) is 2. The summed E-state index contributed by atoms with van der Waals surface area (Å²) in [5.41, 5.74) is 5.71. The zero-order valence-electron chi connectivity index (χ0n) is 12.3. The van der Waals surface area contributed by atoms with Crippen molar-refractivity contribution in [3.8, 4) is 0 Å². The van der Waals surface area contributed by atoms with Gasteiger partial charge in [0, 0.05) is 11.6 Å². The second kappa shape index (κ2) is 6.18. The van der Waals surface area contributed by atoms with Crippen LogP contribution in [0.2, 0.25) is 0 Å². The zero-order valence-corrected chi connectivity index (χ0v) is 12.3. The number of pyridine rings is 1. The zero-order chi connectivity index (χ0) is 16.2. The molecule has 1 aromatic carbocycles. The number of rotatable bonds is 2. The van der Waals surface area contributed by atoms with Crippen molar-refractivity contribution in [3.05, 3.63) is 65.9 Å². The molecule has 7 heteroatoms. The fourth-order valence-electron chi connectivity index (χ4n) is 2.02. The molecule has 2 amide bonds. The summed E-state index contributed by atoms with van der Waals surface area (Å²) < 4.78 is 0. The first kappa shape index (κ1) is 14.6. The summed E-state index contributed by atoms with van der Waals surface area (Å²) in [6.45, 7) is 1.67. The van der Waals surface area contributed by atoms with Crippen LogP contribution in [0.25, 0.3) is 10.9 Å². The van der Waals surface area contributed by atoms with E-state index in [0.29, 0.717) is 11.3 Å². The van der Waals surface area contributed by atoms with Gasteiger partial charge in [-0.1, -0.05) is 24.3 Å². The van der Waals surface area contributed by atoms with Crippen LogP contribution in [0.1, 0.15) is 26.8 Å². The monoisotopic (exact) mass is 307 g/mol. The third-order valence-corrected chi connectivity index (χ3v) is 3.13. The van der Waals surface area contributed by atoms with Crippen LogP contribution < -0.4 is 10.9 Å². The highest BCUT2D eigenvalue weighted by molar-refractivity contribution is 5.98. The quantitative estimate of drug-likeness (QED) is 0.698. The van der Waals surface area contributed by atoms with Gasteiger partial charge < -0.3 is 0 Å². The number of carbonyl (C=O) groups is 2. The number of carbonyl (C=O) groups excluding carboxylic acids is 2. The molecule has 114 valence electrons. The fourth-order valence-corrected chi connectivity index (χ4v) is 2.02. The molecule has 0 aliphatic carbocycles. The van der Waals surface area contributed by atoms with Crippen LogP contribution in [0.3, 0.4) is 0 Å². The van der Waals surface area contributed by atoms with Crippen molar-refractivity contribution in [3.63, 3.8) is 0 Å². The standard InChI is InChI=1S/C16H13N5O2/c1-10-17-9-8-14(18-10)16(23)21-20-15(22)13-7-6-11-4-2-3-5-12(11)19-13/h2-9H,1H3,(H,20,22)(H,21,23). The van der Waals surface area contributed by atoms with Gasteiger partial charge in [-0.2, -0.15) is 0 Å². The first-order valence-corrected chi connectivity index (χ1v) is 6.89. The highest BCUT2D eigenvalue weighted by Gasteiger charge is 2.11. The molecule has 3 rings (SSSR count). The number of fused-ring (bicyclic) bond motifs is 1. The van der Waals surface area contributed by atoms with Crippen molar-refractivity contribution in [1.29, 1.82) is 0 Å². The molecule has 7 nitrogen and oxygen atoms in total. The van der Waals surface area contributed by atoms with Gasteiger partial charge in [0.15, 0.2) is 0 Å². The smallest absolute Gasteiger partial charge is 0.266 e. The Labute approximate surface area is 131 Å². The summed E-state index contributed by atoms with van der Waals surface area (Å²) in [5.74, 6) is -0.556. The summed E-state index contributed by atoms with van der Waals surface area (Å²) in [4.78, 5) is 36.1. The minimum absolute atomic E-state index is 0.171. The van der Waals surface area contributed by atoms with E-state index < -0.39 is 11.8 Å². The van der Waals surface area contributed by atoms with Gasteiger partial charge in [-0.05, 0) is 25.1 Å². The number of benzene rings is 1. The van der Waals surface area contributed by atoms with Crippen LogP contribution in [-0.2, 0) is 0 Å². The van der Waals surface area contributed by atoms with E-state index in [1.54, 1.807) is 19.1 Å². The maximum atomic E-state index is 12.1. The Hall–Kier alpha value is -3.35. The normalized spacial score (nSPS) is 10.3. The van der Waals surface area contributed by atoms with Gasteiger partial charge in [-0.25, -0.2) is 15.0 Å². The lowest BCUT2D eigenvalue weighted by Crippen LogP contribution is -2.42. The molecule has 0 spiro atoms. The Balaban J connectivity index is 1.69. The molecular formula is C16H13N5O2. The first-order chi connectivity index (χ1) is 11.1. The van der Waals surface area contributed by atoms with E-state index in [2.05, 4.69) is 25.8 Å². The lowest BCUT2D eigenvalue weighted by atomic mass is 10.2. The average molecular weight is 307 g/mol. The topological polar surface area (TPSA) is 96.9 Å². The molecule has 0 saturated heterocycles. The predicted octanol–water partition coefficient (Wildman–Crippen LogP) is 1.41. The lowest BCUT2D eigenvalue weighted by molar-refractivity contribution is 0.0841. The third kappa shape index (κ3) is 3.29. The minimum atomic E-state index is -0.523. The van der Waals surface area contributed by atoms with Crippen LogP contribution in [0.15, 0.2) is 48.7 Å². The van der Waals surface area contributed by atoms with E-state index in [1.807, 2.05) is 24.3 Å². The number of para-hydroxylation sites is 1. The van der Waals surface area contributed by atoms with Crippen molar-refractivity contribution in [2.75, 3.05) is 0 Å². The number of amides is 2. The van der Waals surface area contributed by atoms with E-state index >= 15 is 0 Å². The molecule has 0 bridgehead atoms. The summed E-state index contributed by atoms with van der Waals surface area (Å²) in [7, 11) is 0. The number of hydrazine groups is 1. The van der Waals surface area contributed by atoms with Gasteiger partial charge in [0.25, 0.3) is 11.8 Å². The first-order valence-electron chi connectivity index (χ1n) is 6.89. The van der Waals surface area contributed by atoms with Crippen LogP contribution in [0, 0.1) is 6.92 Å². The molecular weight excluding hydrogens is 294 g/mol. The summed E-state index contributed by atoms with van der Waals surface area (Å²) in [5, 5.41) is 0.935. The van der Waals surface area contributed by atoms with Crippen molar-refractivity contribution >= 4 is 22.7 Å². The van der Waals surface area contributed by atoms with Crippen LogP contribution >= 0.6 is 0 Å². The molecule has 0 atom stereocenters. The summed E-state index contributed by atoms with van der Waals surface area (Å²) >= 11 is 0. The average Bonchev–Trinajstić information content (AvgIpc) is 2.59. The van der Waals surface area contributed by atoms with E-state index in [-0.39, 0.29) is 11.4 Å². The van der Waals surface area contributed by atoms with Crippen molar-refractivity contribution in [2.45, 2.75) is 6.92 Å². The number of aromatic nitrogens is 3. The molecule has 23 heavy (non-hydrogen) atoms. The van der Waals surface area contributed by atoms with Crippen molar-refractivity contribution in [2.24, 2.45) is 0 Å². The number of hydrogen-bond acceptors (Lipinski definition) is 5. The highest BCUT2D eigenvalue weighted by Crippen LogP contribution is 2.11. The van der Waals surface area contributed by atoms with Crippen molar-refractivity contribution < 1.29 is 9.59 Å². The second-order valence-corrected chi connectivity index (χ2v) is 4.79. The lowest BCUT2D eigenvalue weighted by Gasteiger charge is -2.07. The number of nitrogens with zero attached hydrogens (tertiary/aromatic N) is 3. The molecule has 0 aliphatic heterocycles. The Morgan fingerprint density at radius 1 is 0.870 bits per heavy atom. The maximum absolute atomic E-state index is 12.1.